The minimum Gasteiger partial charge on any atom is -0.383 e. The van der Waals surface area contributed by atoms with Crippen molar-refractivity contribution in [1.29, 1.82) is 0 Å². The van der Waals surface area contributed by atoms with Gasteiger partial charge in [-0.05, 0) is 43.6 Å². The van der Waals surface area contributed by atoms with Crippen molar-refractivity contribution in [1.82, 2.24) is 4.90 Å². The van der Waals surface area contributed by atoms with Crippen LogP contribution < -0.4 is 11.1 Å². The standard InChI is InChI=1S/C16H25N3O2.2ClH/c1-21-12-15(17)16(20)18-14-7-5-6-13(10-14)11-19-8-3-2-4-9-19;;/h5-7,10,15H,2-4,8-9,11-12,17H2,1H3,(H,18,20);2*1H. The highest BCUT2D eigenvalue weighted by Crippen LogP contribution is 2.16. The number of rotatable bonds is 6. The number of hydrogen-bond acceptors (Lipinski definition) is 4. The Bertz CT molecular complexity index is 468. The second kappa shape index (κ2) is 11.6. The Morgan fingerprint density at radius 1 is 1.30 bits per heavy atom. The summed E-state index contributed by atoms with van der Waals surface area (Å²) in [7, 11) is 1.53. The van der Waals surface area contributed by atoms with Gasteiger partial charge in [-0.25, -0.2) is 0 Å². The van der Waals surface area contributed by atoms with Gasteiger partial charge in [0.05, 0.1) is 6.61 Å². The normalized spacial score (nSPS) is 15.9. The molecule has 0 radical (unpaired) electrons. The molecule has 1 fully saturated rings. The molecule has 23 heavy (non-hydrogen) atoms. The number of carbonyl (C=O) groups is 1. The lowest BCUT2D eigenvalue weighted by Gasteiger charge is -2.26. The maximum Gasteiger partial charge on any atom is 0.243 e. The number of nitrogens with zero attached hydrogens (tertiary/aromatic N) is 1. The molecule has 1 saturated heterocycles. The summed E-state index contributed by atoms with van der Waals surface area (Å²) in [5, 5.41) is 2.84. The third-order valence-corrected chi connectivity index (χ3v) is 3.73. The van der Waals surface area contributed by atoms with Crippen LogP contribution in [0.15, 0.2) is 24.3 Å². The number of anilines is 1. The van der Waals surface area contributed by atoms with E-state index in [1.54, 1.807) is 0 Å². The molecule has 0 aromatic heterocycles. The molecule has 1 unspecified atom stereocenters. The number of halogens is 2. The van der Waals surface area contributed by atoms with Crippen molar-refractivity contribution in [3.8, 4) is 0 Å². The summed E-state index contributed by atoms with van der Waals surface area (Å²) in [4.78, 5) is 14.3. The van der Waals surface area contributed by atoms with E-state index < -0.39 is 6.04 Å². The Morgan fingerprint density at radius 3 is 2.65 bits per heavy atom. The number of piperidine rings is 1. The van der Waals surface area contributed by atoms with Gasteiger partial charge in [0, 0.05) is 19.3 Å². The van der Waals surface area contributed by atoms with Gasteiger partial charge < -0.3 is 15.8 Å². The topological polar surface area (TPSA) is 67.6 Å². The van der Waals surface area contributed by atoms with Crippen LogP contribution in [0.5, 0.6) is 0 Å². The second-order valence-electron chi connectivity index (χ2n) is 5.59. The zero-order valence-corrected chi connectivity index (χ0v) is 15.1. The zero-order valence-electron chi connectivity index (χ0n) is 13.5. The van der Waals surface area contributed by atoms with Gasteiger partial charge in [-0.3, -0.25) is 9.69 Å². The molecule has 1 heterocycles. The molecular weight excluding hydrogens is 337 g/mol. The van der Waals surface area contributed by atoms with Crippen LogP contribution in [-0.4, -0.2) is 43.7 Å². The molecule has 5 nitrogen and oxygen atoms in total. The van der Waals surface area contributed by atoms with Crippen molar-refractivity contribution in [3.63, 3.8) is 0 Å². The summed E-state index contributed by atoms with van der Waals surface area (Å²) in [5.74, 6) is -0.216. The summed E-state index contributed by atoms with van der Waals surface area (Å²) in [6.45, 7) is 3.48. The molecule has 132 valence electrons. The van der Waals surface area contributed by atoms with Crippen molar-refractivity contribution in [2.45, 2.75) is 31.8 Å². The average molecular weight is 364 g/mol. The molecule has 7 heteroatoms. The van der Waals surface area contributed by atoms with Crippen LogP contribution in [0.3, 0.4) is 0 Å². The van der Waals surface area contributed by atoms with Gasteiger partial charge in [-0.15, -0.1) is 24.8 Å². The van der Waals surface area contributed by atoms with Crippen LogP contribution in [0.25, 0.3) is 0 Å². The summed E-state index contributed by atoms with van der Waals surface area (Å²) >= 11 is 0. The van der Waals surface area contributed by atoms with Gasteiger partial charge >= 0.3 is 0 Å². The van der Waals surface area contributed by atoms with E-state index in [-0.39, 0.29) is 37.3 Å². The average Bonchev–Trinajstić information content (AvgIpc) is 2.49. The van der Waals surface area contributed by atoms with Crippen molar-refractivity contribution in [2.24, 2.45) is 5.73 Å². The number of carbonyl (C=O) groups excluding carboxylic acids is 1. The van der Waals surface area contributed by atoms with Crippen LogP contribution in [0.2, 0.25) is 0 Å². The number of likely N-dealkylation sites (tertiary alicyclic amines) is 1. The molecule has 3 N–H and O–H groups in total. The zero-order chi connectivity index (χ0) is 15.1. The van der Waals surface area contributed by atoms with E-state index in [0.717, 1.165) is 25.3 Å². The molecular formula is C16H27Cl2N3O2. The Kier molecular flexibility index (Phi) is 11.2. The van der Waals surface area contributed by atoms with Crippen molar-refractivity contribution in [2.75, 3.05) is 32.1 Å². The molecule has 0 aliphatic carbocycles. The number of amides is 1. The van der Waals surface area contributed by atoms with E-state index in [4.69, 9.17) is 10.5 Å². The summed E-state index contributed by atoms with van der Waals surface area (Å²) in [6.07, 6.45) is 3.90. The largest absolute Gasteiger partial charge is 0.383 e. The minimum absolute atomic E-state index is 0. The first kappa shape index (κ1) is 22.1. The number of methoxy groups -OCH3 is 1. The molecule has 1 aliphatic rings. The van der Waals surface area contributed by atoms with Crippen LogP contribution in [-0.2, 0) is 16.1 Å². The van der Waals surface area contributed by atoms with Crippen LogP contribution in [0, 0.1) is 0 Å². The molecule has 2 rings (SSSR count). The first-order chi connectivity index (χ1) is 10.2. The number of ether oxygens (including phenoxy) is 1. The predicted octanol–water partition coefficient (Wildman–Crippen LogP) is 2.43. The molecule has 1 aromatic rings. The Hall–Kier alpha value is -0.850. The molecule has 1 amide bonds. The molecule has 0 bridgehead atoms. The highest BCUT2D eigenvalue weighted by atomic mass is 35.5. The van der Waals surface area contributed by atoms with Crippen molar-refractivity contribution in [3.05, 3.63) is 29.8 Å². The summed E-state index contributed by atoms with van der Waals surface area (Å²) in [6, 6.07) is 7.33. The fourth-order valence-electron chi connectivity index (χ4n) is 2.61. The van der Waals surface area contributed by atoms with Gasteiger partial charge in [-0.1, -0.05) is 18.6 Å². The van der Waals surface area contributed by atoms with E-state index in [0.29, 0.717) is 0 Å². The van der Waals surface area contributed by atoms with E-state index >= 15 is 0 Å². The quantitative estimate of drug-likeness (QED) is 0.814. The van der Waals surface area contributed by atoms with Crippen LogP contribution in [0.4, 0.5) is 5.69 Å². The van der Waals surface area contributed by atoms with E-state index in [1.807, 2.05) is 18.2 Å². The summed E-state index contributed by atoms with van der Waals surface area (Å²) < 4.78 is 4.89. The second-order valence-corrected chi connectivity index (χ2v) is 5.59. The maximum atomic E-state index is 11.9. The highest BCUT2D eigenvalue weighted by Gasteiger charge is 2.14. The highest BCUT2D eigenvalue weighted by molar-refractivity contribution is 5.94. The first-order valence-corrected chi connectivity index (χ1v) is 7.55. The summed E-state index contributed by atoms with van der Waals surface area (Å²) in [5.41, 5.74) is 7.73. The fraction of sp³-hybridized carbons (Fsp3) is 0.562. The lowest BCUT2D eigenvalue weighted by atomic mass is 10.1. The molecule has 0 saturated carbocycles. The number of benzene rings is 1. The van der Waals surface area contributed by atoms with E-state index in [9.17, 15) is 4.79 Å². The third-order valence-electron chi connectivity index (χ3n) is 3.73. The van der Waals surface area contributed by atoms with Crippen LogP contribution in [0.1, 0.15) is 24.8 Å². The SMILES string of the molecule is COCC(N)C(=O)Nc1cccc(CN2CCCCC2)c1.Cl.Cl. The fourth-order valence-corrected chi connectivity index (χ4v) is 2.61. The maximum absolute atomic E-state index is 11.9. The van der Waals surface area contributed by atoms with Gasteiger partial charge in [-0.2, -0.15) is 0 Å². The first-order valence-electron chi connectivity index (χ1n) is 7.55. The number of hydrogen-bond donors (Lipinski definition) is 2. The van der Waals surface area contributed by atoms with E-state index in [1.165, 1.54) is 31.9 Å². The van der Waals surface area contributed by atoms with Crippen LogP contribution >= 0.6 is 24.8 Å². The van der Waals surface area contributed by atoms with Gasteiger partial charge in [0.1, 0.15) is 6.04 Å². The molecule has 1 aliphatic heterocycles. The Balaban J connectivity index is 0.00000242. The third kappa shape index (κ3) is 7.50. The predicted molar refractivity (Wildman–Crippen MR) is 98.5 cm³/mol. The van der Waals surface area contributed by atoms with Crippen molar-refractivity contribution >= 4 is 36.4 Å². The lowest BCUT2D eigenvalue weighted by Crippen LogP contribution is -2.39. The van der Waals surface area contributed by atoms with Gasteiger partial charge in [0.25, 0.3) is 0 Å². The molecule has 0 spiro atoms. The Morgan fingerprint density at radius 2 is 2.00 bits per heavy atom. The number of nitrogens with two attached hydrogens (primary N) is 1. The molecule has 1 aromatic carbocycles. The van der Waals surface area contributed by atoms with E-state index in [2.05, 4.69) is 16.3 Å². The van der Waals surface area contributed by atoms with Gasteiger partial charge in [0.2, 0.25) is 5.91 Å². The monoisotopic (exact) mass is 363 g/mol. The lowest BCUT2D eigenvalue weighted by molar-refractivity contribution is -0.118. The Labute approximate surface area is 150 Å². The van der Waals surface area contributed by atoms with Gasteiger partial charge in [0.15, 0.2) is 0 Å². The molecule has 1 atom stereocenters. The smallest absolute Gasteiger partial charge is 0.243 e. The minimum atomic E-state index is -0.638. The number of nitrogens with one attached hydrogen (secondary N) is 1. The van der Waals surface area contributed by atoms with Crippen molar-refractivity contribution < 1.29 is 9.53 Å².